The average Bonchev–Trinajstić information content (AvgIpc) is 3.04. The van der Waals surface area contributed by atoms with E-state index in [0.717, 1.165) is 17.0 Å². The van der Waals surface area contributed by atoms with Crippen molar-refractivity contribution < 1.29 is 23.5 Å². The van der Waals surface area contributed by atoms with Crippen LogP contribution in [-0.4, -0.2) is 23.5 Å². The summed E-state index contributed by atoms with van der Waals surface area (Å²) in [4.78, 5) is 24.0. The second-order valence-electron chi connectivity index (χ2n) is 4.65. The molecule has 23 heavy (non-hydrogen) atoms. The maximum atomic E-state index is 13.4. The summed E-state index contributed by atoms with van der Waals surface area (Å²) in [5.74, 6) is -3.79. The summed E-state index contributed by atoms with van der Waals surface area (Å²) in [6.45, 7) is 0.0806. The predicted octanol–water partition coefficient (Wildman–Crippen LogP) is 2.20. The molecule has 8 heteroatoms. The zero-order chi connectivity index (χ0) is 16.8. The molecule has 0 aliphatic heterocycles. The summed E-state index contributed by atoms with van der Waals surface area (Å²) in [5.41, 5.74) is -0.287. The number of nitrogens with one attached hydrogen (secondary N) is 2. The molecule has 0 spiro atoms. The fourth-order valence-corrected chi connectivity index (χ4v) is 2.54. The Hall–Kier alpha value is -2.32. The van der Waals surface area contributed by atoms with Gasteiger partial charge in [-0.25, -0.2) is 8.78 Å². The van der Waals surface area contributed by atoms with Crippen molar-refractivity contribution in [2.24, 2.45) is 0 Å². The van der Waals surface area contributed by atoms with Gasteiger partial charge in [-0.15, -0.1) is 11.3 Å². The Morgan fingerprint density at radius 3 is 2.65 bits per heavy atom. The number of aliphatic hydroxyl groups is 1. The SMILES string of the molecule is O=C(NCCC(O)c1cccs1)C(=O)Nc1ccc(F)cc1F. The van der Waals surface area contributed by atoms with Gasteiger partial charge in [0.15, 0.2) is 0 Å². The van der Waals surface area contributed by atoms with Crippen molar-refractivity contribution in [1.29, 1.82) is 0 Å². The van der Waals surface area contributed by atoms with Crippen LogP contribution in [0.1, 0.15) is 17.4 Å². The first kappa shape index (κ1) is 17.0. The maximum absolute atomic E-state index is 13.4. The third-order valence-corrected chi connectivity index (χ3v) is 3.93. The number of carbonyl (C=O) groups excluding carboxylic acids is 2. The third-order valence-electron chi connectivity index (χ3n) is 2.96. The van der Waals surface area contributed by atoms with Gasteiger partial charge in [0.25, 0.3) is 0 Å². The highest BCUT2D eigenvalue weighted by Gasteiger charge is 2.16. The Balaban J connectivity index is 1.80. The van der Waals surface area contributed by atoms with Crippen LogP contribution < -0.4 is 10.6 Å². The molecule has 0 fully saturated rings. The molecule has 0 radical (unpaired) electrons. The van der Waals surface area contributed by atoms with Crippen LogP contribution in [0, 0.1) is 11.6 Å². The molecule has 2 aromatic rings. The molecule has 0 saturated carbocycles. The van der Waals surface area contributed by atoms with Crippen LogP contribution in [0.3, 0.4) is 0 Å². The topological polar surface area (TPSA) is 78.4 Å². The Labute approximate surface area is 135 Å². The molecule has 0 aliphatic carbocycles. The van der Waals surface area contributed by atoms with Crippen LogP contribution in [0.25, 0.3) is 0 Å². The quantitative estimate of drug-likeness (QED) is 0.730. The lowest BCUT2D eigenvalue weighted by atomic mass is 10.2. The first-order valence-electron chi connectivity index (χ1n) is 6.73. The van der Waals surface area contributed by atoms with Crippen molar-refractivity contribution >= 4 is 28.8 Å². The lowest BCUT2D eigenvalue weighted by Crippen LogP contribution is -2.36. The summed E-state index contributed by atoms with van der Waals surface area (Å²) >= 11 is 1.39. The summed E-state index contributed by atoms with van der Waals surface area (Å²) < 4.78 is 26.1. The fraction of sp³-hybridized carbons (Fsp3) is 0.200. The van der Waals surface area contributed by atoms with Crippen molar-refractivity contribution in [3.05, 3.63) is 52.2 Å². The van der Waals surface area contributed by atoms with Gasteiger partial charge in [0.2, 0.25) is 0 Å². The van der Waals surface area contributed by atoms with Gasteiger partial charge in [0.05, 0.1) is 11.8 Å². The van der Waals surface area contributed by atoms with Gasteiger partial charge in [0, 0.05) is 17.5 Å². The van der Waals surface area contributed by atoms with Gasteiger partial charge < -0.3 is 15.7 Å². The molecule has 122 valence electrons. The molecule has 1 atom stereocenters. The Bertz CT molecular complexity index is 692. The van der Waals surface area contributed by atoms with E-state index in [4.69, 9.17) is 0 Å². The zero-order valence-corrected chi connectivity index (χ0v) is 12.7. The van der Waals surface area contributed by atoms with Gasteiger partial charge in [0.1, 0.15) is 11.6 Å². The largest absolute Gasteiger partial charge is 0.388 e. The van der Waals surface area contributed by atoms with Crippen LogP contribution in [0.5, 0.6) is 0 Å². The van der Waals surface area contributed by atoms with E-state index in [2.05, 4.69) is 5.32 Å². The van der Waals surface area contributed by atoms with Crippen molar-refractivity contribution in [3.63, 3.8) is 0 Å². The van der Waals surface area contributed by atoms with Gasteiger partial charge in [-0.1, -0.05) is 6.07 Å². The van der Waals surface area contributed by atoms with E-state index in [1.54, 1.807) is 12.1 Å². The van der Waals surface area contributed by atoms with E-state index in [1.807, 2.05) is 10.7 Å². The van der Waals surface area contributed by atoms with Crippen molar-refractivity contribution in [3.8, 4) is 0 Å². The molecule has 1 aromatic heterocycles. The van der Waals surface area contributed by atoms with Gasteiger partial charge >= 0.3 is 11.8 Å². The van der Waals surface area contributed by atoms with Crippen LogP contribution in [0.4, 0.5) is 14.5 Å². The standard InChI is InChI=1S/C15H14F2N2O3S/c16-9-3-4-11(10(17)8-9)19-15(22)14(21)18-6-5-12(20)13-2-1-7-23-13/h1-4,7-8,12,20H,5-6H2,(H,18,21)(H,19,22). The smallest absolute Gasteiger partial charge is 0.313 e. The third kappa shape index (κ3) is 4.83. The molecule has 0 bridgehead atoms. The monoisotopic (exact) mass is 340 g/mol. The minimum absolute atomic E-state index is 0.0806. The predicted molar refractivity (Wildman–Crippen MR) is 81.9 cm³/mol. The molecule has 3 N–H and O–H groups in total. The number of aliphatic hydroxyl groups excluding tert-OH is 1. The molecule has 1 aromatic carbocycles. The van der Waals surface area contributed by atoms with Gasteiger partial charge in [-0.2, -0.15) is 0 Å². The zero-order valence-electron chi connectivity index (χ0n) is 11.9. The minimum Gasteiger partial charge on any atom is -0.388 e. The second kappa shape index (κ2) is 7.80. The van der Waals surface area contributed by atoms with E-state index < -0.39 is 29.6 Å². The number of hydrogen-bond acceptors (Lipinski definition) is 4. The number of hydrogen-bond donors (Lipinski definition) is 3. The lowest BCUT2D eigenvalue weighted by molar-refractivity contribution is -0.136. The van der Waals surface area contributed by atoms with Crippen LogP contribution in [0.15, 0.2) is 35.7 Å². The van der Waals surface area contributed by atoms with E-state index in [1.165, 1.54) is 11.3 Å². The van der Waals surface area contributed by atoms with Gasteiger partial charge in [-0.3, -0.25) is 9.59 Å². The van der Waals surface area contributed by atoms with Crippen LogP contribution in [-0.2, 0) is 9.59 Å². The molecule has 2 rings (SSSR count). The molecule has 5 nitrogen and oxygen atoms in total. The van der Waals surface area contributed by atoms with Gasteiger partial charge in [-0.05, 0) is 30.0 Å². The molecule has 1 unspecified atom stereocenters. The normalized spacial score (nSPS) is 11.8. The molecule has 0 saturated heterocycles. The summed E-state index contributed by atoms with van der Waals surface area (Å²) in [6.07, 6.45) is -0.488. The van der Waals surface area contributed by atoms with Crippen LogP contribution >= 0.6 is 11.3 Å². The Morgan fingerprint density at radius 1 is 1.22 bits per heavy atom. The summed E-state index contributed by atoms with van der Waals surface area (Å²) in [7, 11) is 0. The van der Waals surface area contributed by atoms with E-state index in [9.17, 15) is 23.5 Å². The van der Waals surface area contributed by atoms with Crippen molar-refractivity contribution in [1.82, 2.24) is 5.32 Å². The molecule has 0 aliphatic rings. The number of amides is 2. The van der Waals surface area contributed by atoms with Crippen molar-refractivity contribution in [2.75, 3.05) is 11.9 Å². The minimum atomic E-state index is -1.07. The molecule has 1 heterocycles. The fourth-order valence-electron chi connectivity index (χ4n) is 1.80. The first-order valence-corrected chi connectivity index (χ1v) is 7.61. The number of thiophene rings is 1. The second-order valence-corrected chi connectivity index (χ2v) is 5.63. The summed E-state index contributed by atoms with van der Waals surface area (Å²) in [6, 6.07) is 6.16. The molecule has 2 amide bonds. The Kier molecular flexibility index (Phi) is 5.78. The Morgan fingerprint density at radius 2 is 2.00 bits per heavy atom. The van der Waals surface area contributed by atoms with Crippen LogP contribution in [0.2, 0.25) is 0 Å². The molecular weight excluding hydrogens is 326 g/mol. The van der Waals surface area contributed by atoms with E-state index in [0.29, 0.717) is 6.07 Å². The molecular formula is C15H14F2N2O3S. The average molecular weight is 340 g/mol. The maximum Gasteiger partial charge on any atom is 0.313 e. The van der Waals surface area contributed by atoms with E-state index >= 15 is 0 Å². The highest BCUT2D eigenvalue weighted by Crippen LogP contribution is 2.20. The first-order chi connectivity index (χ1) is 11.0. The lowest BCUT2D eigenvalue weighted by Gasteiger charge is -2.10. The van der Waals surface area contributed by atoms with Crippen molar-refractivity contribution in [2.45, 2.75) is 12.5 Å². The number of benzene rings is 1. The highest BCUT2D eigenvalue weighted by atomic mass is 32.1. The number of halogens is 2. The highest BCUT2D eigenvalue weighted by molar-refractivity contribution is 7.10. The van der Waals surface area contributed by atoms with E-state index in [-0.39, 0.29) is 18.7 Å². The number of anilines is 1. The summed E-state index contributed by atoms with van der Waals surface area (Å²) in [5, 5.41) is 16.0. The number of rotatable bonds is 5. The number of carbonyl (C=O) groups is 2.